The molecule has 0 aliphatic heterocycles. The smallest absolute Gasteiger partial charge is 0.322 e. The molecule has 0 heterocycles. The predicted octanol–water partition coefficient (Wildman–Crippen LogP) is -1.61. The molecule has 5 heteroatoms. The Kier molecular flexibility index (Phi) is 6.86. The van der Waals surface area contributed by atoms with Crippen molar-refractivity contribution < 1.29 is 32.4 Å². The van der Waals surface area contributed by atoms with E-state index >= 15 is 0 Å². The van der Waals surface area contributed by atoms with Gasteiger partial charge in [0.25, 0.3) is 0 Å². The van der Waals surface area contributed by atoms with E-state index in [2.05, 4.69) is 0 Å². The molecule has 0 aromatic carbocycles. The second-order valence-electron chi connectivity index (χ2n) is 1.13. The molecule has 1 unspecified atom stereocenters. The molecule has 0 aliphatic rings. The van der Waals surface area contributed by atoms with Crippen LogP contribution in [0.5, 0.6) is 0 Å². The Morgan fingerprint density at radius 2 is 2.12 bits per heavy atom. The first kappa shape index (κ1) is 10.8. The summed E-state index contributed by atoms with van der Waals surface area (Å²) in [5, 5.41) is 15.9. The Hall–Kier alpha value is -0.0775. The average molecular weight is 157 g/mol. The first-order valence-electron chi connectivity index (χ1n) is 1.77. The van der Waals surface area contributed by atoms with Gasteiger partial charge in [0.15, 0.2) is 0 Å². The van der Waals surface area contributed by atoms with Crippen LogP contribution in [0.3, 0.4) is 0 Å². The van der Waals surface area contributed by atoms with Crippen LogP contribution in [0.15, 0.2) is 0 Å². The minimum absolute atomic E-state index is 0. The van der Waals surface area contributed by atoms with Gasteiger partial charge >= 0.3 is 5.97 Å². The molecule has 0 fully saturated rings. The summed E-state index contributed by atoms with van der Waals surface area (Å²) in [7, 11) is 0. The number of rotatable bonds is 2. The van der Waals surface area contributed by atoms with E-state index in [1.54, 1.807) is 0 Å². The Bertz CT molecular complexity index is 76.9. The van der Waals surface area contributed by atoms with Gasteiger partial charge in [0.05, 0.1) is 6.61 Å². The quantitative estimate of drug-likeness (QED) is 0.450. The summed E-state index contributed by atoms with van der Waals surface area (Å²) in [5.41, 5.74) is 4.77. The van der Waals surface area contributed by atoms with Crippen molar-refractivity contribution in [3.05, 3.63) is 0 Å². The summed E-state index contributed by atoms with van der Waals surface area (Å²) in [6.45, 7) is -0.505. The van der Waals surface area contributed by atoms with Crippen LogP contribution in [-0.2, 0) is 22.2 Å². The monoisotopic (exact) mass is 157 g/mol. The van der Waals surface area contributed by atoms with Gasteiger partial charge in [0.2, 0.25) is 0 Å². The second kappa shape index (κ2) is 5.07. The maximum atomic E-state index is 9.65. The molecule has 0 aliphatic carbocycles. The normalized spacial score (nSPS) is 11.8. The fourth-order valence-corrected chi connectivity index (χ4v) is 0.0781. The zero-order valence-electron chi connectivity index (χ0n) is 4.07. The minimum atomic E-state index is -1.18. The predicted molar refractivity (Wildman–Crippen MR) is 22.7 cm³/mol. The molecule has 0 amide bonds. The zero-order valence-corrected chi connectivity index (χ0v) is 5.35. The van der Waals surface area contributed by atoms with E-state index in [0.29, 0.717) is 0 Å². The topological polar surface area (TPSA) is 83.5 Å². The van der Waals surface area contributed by atoms with Gasteiger partial charge in [-0.1, -0.05) is 0 Å². The van der Waals surface area contributed by atoms with E-state index < -0.39 is 18.6 Å². The molecular formula is C3H7CrNO3. The third kappa shape index (κ3) is 4.09. The number of aliphatic carboxylic acids is 1. The molecule has 4 N–H and O–H groups in total. The molecule has 0 saturated carbocycles. The summed E-state index contributed by atoms with van der Waals surface area (Å²) in [6, 6.07) is -1.13. The van der Waals surface area contributed by atoms with Crippen LogP contribution in [0, 0.1) is 0 Å². The van der Waals surface area contributed by atoms with Crippen LogP contribution in [0.1, 0.15) is 0 Å². The molecule has 0 rings (SSSR count). The van der Waals surface area contributed by atoms with Crippen molar-refractivity contribution in [2.75, 3.05) is 6.61 Å². The van der Waals surface area contributed by atoms with Crippen LogP contribution in [0.4, 0.5) is 0 Å². The third-order valence-corrected chi connectivity index (χ3v) is 0.514. The Morgan fingerprint density at radius 1 is 1.75 bits per heavy atom. The Balaban J connectivity index is 0. The zero-order chi connectivity index (χ0) is 5.86. The number of carboxylic acids is 1. The molecule has 8 heavy (non-hydrogen) atoms. The molecule has 0 bridgehead atoms. The number of aliphatic hydroxyl groups is 1. The third-order valence-electron chi connectivity index (χ3n) is 0.514. The van der Waals surface area contributed by atoms with E-state index in [1.165, 1.54) is 0 Å². The standard InChI is InChI=1S/C3H7NO3.Cr/c4-2(1-5)3(6)7;/h2,5H,1,4H2,(H,6,7);. The minimum Gasteiger partial charge on any atom is -0.480 e. The summed E-state index contributed by atoms with van der Waals surface area (Å²) in [5.74, 6) is -1.18. The molecule has 0 saturated heterocycles. The first-order valence-corrected chi connectivity index (χ1v) is 1.77. The summed E-state index contributed by atoms with van der Waals surface area (Å²) < 4.78 is 0. The van der Waals surface area contributed by atoms with Crippen molar-refractivity contribution in [3.8, 4) is 0 Å². The second-order valence-corrected chi connectivity index (χ2v) is 1.13. The summed E-state index contributed by atoms with van der Waals surface area (Å²) in [4.78, 5) is 9.65. The van der Waals surface area contributed by atoms with Crippen molar-refractivity contribution in [3.63, 3.8) is 0 Å². The van der Waals surface area contributed by atoms with Crippen molar-refractivity contribution in [1.29, 1.82) is 0 Å². The maximum absolute atomic E-state index is 9.65. The van der Waals surface area contributed by atoms with Gasteiger partial charge in [-0.3, -0.25) is 4.79 Å². The number of hydrogen-bond donors (Lipinski definition) is 3. The van der Waals surface area contributed by atoms with Gasteiger partial charge in [0, 0.05) is 17.4 Å². The number of aliphatic hydroxyl groups excluding tert-OH is 1. The van der Waals surface area contributed by atoms with E-state index in [9.17, 15) is 4.79 Å². The van der Waals surface area contributed by atoms with Gasteiger partial charge in [-0.05, 0) is 0 Å². The van der Waals surface area contributed by atoms with Crippen molar-refractivity contribution >= 4 is 5.97 Å². The van der Waals surface area contributed by atoms with Crippen LogP contribution < -0.4 is 5.73 Å². The summed E-state index contributed by atoms with van der Waals surface area (Å²) >= 11 is 0. The Morgan fingerprint density at radius 3 is 2.12 bits per heavy atom. The first-order chi connectivity index (χ1) is 3.18. The molecule has 0 radical (unpaired) electrons. The van der Waals surface area contributed by atoms with Crippen molar-refractivity contribution in [2.45, 2.75) is 6.04 Å². The fourth-order valence-electron chi connectivity index (χ4n) is 0.0781. The molecule has 0 aromatic heterocycles. The molecule has 1 atom stereocenters. The largest absolute Gasteiger partial charge is 0.480 e. The molecule has 48 valence electrons. The number of carbonyl (C=O) groups is 1. The van der Waals surface area contributed by atoms with Gasteiger partial charge < -0.3 is 15.9 Å². The molecule has 4 nitrogen and oxygen atoms in total. The SMILES string of the molecule is NC(CO)C(=O)O.[Cr]. The van der Waals surface area contributed by atoms with Crippen LogP contribution in [0.2, 0.25) is 0 Å². The van der Waals surface area contributed by atoms with E-state index in [0.717, 1.165) is 0 Å². The van der Waals surface area contributed by atoms with E-state index in [-0.39, 0.29) is 17.4 Å². The van der Waals surface area contributed by atoms with E-state index in [4.69, 9.17) is 15.9 Å². The number of nitrogens with two attached hydrogens (primary N) is 1. The molecular weight excluding hydrogens is 150 g/mol. The number of carboxylic acid groups (broad SMARTS) is 1. The maximum Gasteiger partial charge on any atom is 0.322 e. The van der Waals surface area contributed by atoms with Gasteiger partial charge in [0.1, 0.15) is 6.04 Å². The average Bonchev–Trinajstić information content (AvgIpc) is 1.65. The van der Waals surface area contributed by atoms with Gasteiger partial charge in [-0.25, -0.2) is 0 Å². The van der Waals surface area contributed by atoms with Crippen molar-refractivity contribution in [2.24, 2.45) is 5.73 Å². The van der Waals surface area contributed by atoms with Crippen molar-refractivity contribution in [1.82, 2.24) is 0 Å². The molecule has 0 spiro atoms. The fraction of sp³-hybridized carbons (Fsp3) is 0.667. The Labute approximate surface area is 57.4 Å². The van der Waals surface area contributed by atoms with Crippen LogP contribution in [-0.4, -0.2) is 28.8 Å². The van der Waals surface area contributed by atoms with Crippen LogP contribution in [0.25, 0.3) is 0 Å². The van der Waals surface area contributed by atoms with E-state index in [1.807, 2.05) is 0 Å². The van der Waals surface area contributed by atoms with Gasteiger partial charge in [-0.15, -0.1) is 0 Å². The van der Waals surface area contributed by atoms with Crippen LogP contribution >= 0.6 is 0 Å². The number of hydrogen-bond acceptors (Lipinski definition) is 3. The molecule has 0 aromatic rings. The van der Waals surface area contributed by atoms with Gasteiger partial charge in [-0.2, -0.15) is 0 Å². The summed E-state index contributed by atoms with van der Waals surface area (Å²) in [6.07, 6.45) is 0.